The van der Waals surface area contributed by atoms with E-state index in [9.17, 15) is 4.39 Å². The molecule has 0 aliphatic heterocycles. The lowest BCUT2D eigenvalue weighted by molar-refractivity contribution is 0.482. The van der Waals surface area contributed by atoms with Crippen LogP contribution in [0.3, 0.4) is 0 Å². The molecule has 4 rings (SSSR count). The van der Waals surface area contributed by atoms with E-state index in [4.69, 9.17) is 4.42 Å². The Morgan fingerprint density at radius 1 is 0.931 bits per heavy atom. The normalized spacial score (nSPS) is 11.1. The van der Waals surface area contributed by atoms with Gasteiger partial charge in [-0.15, -0.1) is 0 Å². The highest BCUT2D eigenvalue weighted by Crippen LogP contribution is 2.23. The van der Waals surface area contributed by atoms with Crippen molar-refractivity contribution in [2.24, 2.45) is 0 Å². The number of benzene rings is 2. The molecule has 0 saturated carbocycles. The third kappa shape index (κ3) is 5.21. The number of hydrogen-bond acceptors (Lipinski definition) is 4. The van der Waals surface area contributed by atoms with Crippen molar-refractivity contribution in [2.45, 2.75) is 19.4 Å². The zero-order chi connectivity index (χ0) is 19.9. The van der Waals surface area contributed by atoms with E-state index in [-0.39, 0.29) is 5.82 Å². The minimum absolute atomic E-state index is 0.208. The van der Waals surface area contributed by atoms with E-state index in [1.54, 1.807) is 6.26 Å². The van der Waals surface area contributed by atoms with Crippen molar-refractivity contribution in [1.29, 1.82) is 0 Å². The second kappa shape index (κ2) is 9.34. The maximum absolute atomic E-state index is 13.1. The number of halogens is 1. The van der Waals surface area contributed by atoms with Gasteiger partial charge in [-0.1, -0.05) is 24.3 Å². The van der Waals surface area contributed by atoms with Crippen LogP contribution in [0.2, 0.25) is 0 Å². The minimum Gasteiger partial charge on any atom is -0.468 e. The zero-order valence-corrected chi connectivity index (χ0v) is 16.2. The highest BCUT2D eigenvalue weighted by atomic mass is 19.1. The first-order valence-corrected chi connectivity index (χ1v) is 9.87. The van der Waals surface area contributed by atoms with Crippen LogP contribution in [0.5, 0.6) is 0 Å². The summed E-state index contributed by atoms with van der Waals surface area (Å²) in [6, 6.07) is 18.9. The van der Waals surface area contributed by atoms with Gasteiger partial charge in [-0.05, 0) is 66.9 Å². The Hall–Kier alpha value is -3.18. The summed E-state index contributed by atoms with van der Waals surface area (Å²) < 4.78 is 18.4. The lowest BCUT2D eigenvalue weighted by atomic mass is 10.0. The molecule has 0 amide bonds. The van der Waals surface area contributed by atoms with Crippen LogP contribution in [0.25, 0.3) is 10.9 Å². The van der Waals surface area contributed by atoms with E-state index in [1.807, 2.05) is 36.5 Å². The fraction of sp³-hybridized carbons (Fsp3) is 0.208. The van der Waals surface area contributed by atoms with Crippen molar-refractivity contribution in [3.05, 3.63) is 95.8 Å². The first-order valence-electron chi connectivity index (χ1n) is 9.87. The molecule has 2 aromatic heterocycles. The molecule has 2 heterocycles. The van der Waals surface area contributed by atoms with Crippen LogP contribution in [0.4, 0.5) is 10.1 Å². The number of anilines is 1. The van der Waals surface area contributed by atoms with Gasteiger partial charge >= 0.3 is 0 Å². The molecule has 0 aliphatic carbocycles. The second-order valence-electron chi connectivity index (χ2n) is 7.05. The standard InChI is InChI=1S/C24H24FN3O/c25-20-7-4-18(5-8-20)15-19-6-9-22-23(10-13-28-24(22)16-19)27-12-2-11-26-17-21-3-1-14-29-21/h1,3-10,13-14,16,26H,2,11-12,15,17H2,(H,27,28). The summed E-state index contributed by atoms with van der Waals surface area (Å²) in [5.74, 6) is 0.746. The quantitative estimate of drug-likeness (QED) is 0.389. The van der Waals surface area contributed by atoms with Crippen LogP contribution in [0.1, 0.15) is 23.3 Å². The molecule has 0 saturated heterocycles. The molecule has 148 valence electrons. The second-order valence-corrected chi connectivity index (χ2v) is 7.05. The number of hydrogen-bond donors (Lipinski definition) is 2. The molecule has 0 aliphatic rings. The van der Waals surface area contributed by atoms with Crippen molar-refractivity contribution in [1.82, 2.24) is 10.3 Å². The van der Waals surface area contributed by atoms with Crippen LogP contribution in [0, 0.1) is 5.82 Å². The summed E-state index contributed by atoms with van der Waals surface area (Å²) >= 11 is 0. The summed E-state index contributed by atoms with van der Waals surface area (Å²) in [7, 11) is 0. The molecule has 0 atom stereocenters. The number of nitrogens with one attached hydrogen (secondary N) is 2. The van der Waals surface area contributed by atoms with Crippen LogP contribution in [-0.2, 0) is 13.0 Å². The van der Waals surface area contributed by atoms with E-state index < -0.39 is 0 Å². The number of pyridine rings is 1. The molecule has 4 aromatic rings. The van der Waals surface area contributed by atoms with Crippen molar-refractivity contribution >= 4 is 16.6 Å². The van der Waals surface area contributed by atoms with Crippen molar-refractivity contribution < 1.29 is 8.81 Å². The van der Waals surface area contributed by atoms with Gasteiger partial charge < -0.3 is 15.1 Å². The third-order valence-electron chi connectivity index (χ3n) is 4.85. The molecule has 5 heteroatoms. The predicted molar refractivity (Wildman–Crippen MR) is 114 cm³/mol. The Balaban J connectivity index is 1.33. The predicted octanol–water partition coefficient (Wildman–Crippen LogP) is 5.15. The van der Waals surface area contributed by atoms with E-state index in [0.29, 0.717) is 0 Å². The van der Waals surface area contributed by atoms with Gasteiger partial charge in [-0.25, -0.2) is 4.39 Å². The van der Waals surface area contributed by atoms with Crippen LogP contribution >= 0.6 is 0 Å². The van der Waals surface area contributed by atoms with Crippen molar-refractivity contribution in [3.8, 4) is 0 Å². The van der Waals surface area contributed by atoms with Gasteiger partial charge in [0.25, 0.3) is 0 Å². The van der Waals surface area contributed by atoms with E-state index in [2.05, 4.69) is 33.8 Å². The number of nitrogens with zero attached hydrogens (tertiary/aromatic N) is 1. The Labute approximate surface area is 169 Å². The number of furan rings is 1. The monoisotopic (exact) mass is 389 g/mol. The van der Waals surface area contributed by atoms with Gasteiger partial charge in [0.1, 0.15) is 11.6 Å². The van der Waals surface area contributed by atoms with Gasteiger partial charge in [0, 0.05) is 23.8 Å². The Bertz CT molecular complexity index is 1050. The van der Waals surface area contributed by atoms with Gasteiger partial charge in [-0.3, -0.25) is 4.98 Å². The van der Waals surface area contributed by atoms with Crippen LogP contribution in [-0.4, -0.2) is 18.1 Å². The maximum Gasteiger partial charge on any atom is 0.123 e. The van der Waals surface area contributed by atoms with E-state index >= 15 is 0 Å². The summed E-state index contributed by atoms with van der Waals surface area (Å²) in [4.78, 5) is 4.52. The third-order valence-corrected chi connectivity index (χ3v) is 4.85. The smallest absolute Gasteiger partial charge is 0.123 e. The average molecular weight is 389 g/mol. The SMILES string of the molecule is Fc1ccc(Cc2ccc3c(NCCCNCc4ccco4)ccnc3c2)cc1. The molecule has 0 bridgehead atoms. The number of aromatic nitrogens is 1. The fourth-order valence-corrected chi connectivity index (χ4v) is 3.36. The lowest BCUT2D eigenvalue weighted by Crippen LogP contribution is -2.17. The molecule has 0 radical (unpaired) electrons. The lowest BCUT2D eigenvalue weighted by Gasteiger charge is -2.11. The molecule has 29 heavy (non-hydrogen) atoms. The van der Waals surface area contributed by atoms with Gasteiger partial charge in [0.2, 0.25) is 0 Å². The molecular weight excluding hydrogens is 365 g/mol. The zero-order valence-electron chi connectivity index (χ0n) is 16.2. The number of rotatable bonds is 9. The first-order chi connectivity index (χ1) is 14.3. The molecule has 0 fully saturated rings. The van der Waals surface area contributed by atoms with Crippen LogP contribution in [0.15, 0.2) is 77.5 Å². The Kier molecular flexibility index (Phi) is 6.17. The molecule has 0 unspecified atom stereocenters. The first kappa shape index (κ1) is 19.2. The molecule has 4 nitrogen and oxygen atoms in total. The molecular formula is C24H24FN3O. The minimum atomic E-state index is -0.208. The van der Waals surface area contributed by atoms with Gasteiger partial charge in [-0.2, -0.15) is 0 Å². The van der Waals surface area contributed by atoms with Crippen molar-refractivity contribution in [3.63, 3.8) is 0 Å². The fourth-order valence-electron chi connectivity index (χ4n) is 3.36. The summed E-state index contributed by atoms with van der Waals surface area (Å²) in [5, 5.41) is 8.00. The van der Waals surface area contributed by atoms with Crippen LogP contribution < -0.4 is 10.6 Å². The van der Waals surface area contributed by atoms with Crippen molar-refractivity contribution in [2.75, 3.05) is 18.4 Å². The van der Waals surface area contributed by atoms with E-state index in [0.717, 1.165) is 66.0 Å². The van der Waals surface area contributed by atoms with E-state index in [1.165, 1.54) is 12.1 Å². The topological polar surface area (TPSA) is 50.1 Å². The summed E-state index contributed by atoms with van der Waals surface area (Å²) in [6.45, 7) is 2.54. The maximum atomic E-state index is 13.1. The summed E-state index contributed by atoms with van der Waals surface area (Å²) in [5.41, 5.74) is 4.30. The Morgan fingerprint density at radius 3 is 2.62 bits per heavy atom. The molecule has 2 aromatic carbocycles. The highest BCUT2D eigenvalue weighted by molar-refractivity contribution is 5.91. The largest absolute Gasteiger partial charge is 0.468 e. The average Bonchev–Trinajstić information content (AvgIpc) is 3.26. The van der Waals surface area contributed by atoms with Gasteiger partial charge in [0.05, 0.1) is 18.3 Å². The highest BCUT2D eigenvalue weighted by Gasteiger charge is 2.04. The molecule has 0 spiro atoms. The number of fused-ring (bicyclic) bond motifs is 1. The van der Waals surface area contributed by atoms with Gasteiger partial charge in [0.15, 0.2) is 0 Å². The Morgan fingerprint density at radius 2 is 1.79 bits per heavy atom. The molecule has 2 N–H and O–H groups in total. The summed E-state index contributed by atoms with van der Waals surface area (Å²) in [6.07, 6.45) is 5.30.